The van der Waals surface area contributed by atoms with Gasteiger partial charge in [-0.05, 0) is 38.1 Å². The van der Waals surface area contributed by atoms with Crippen LogP contribution in [-0.4, -0.2) is 23.6 Å². The van der Waals surface area contributed by atoms with E-state index >= 15 is 0 Å². The average Bonchev–Trinajstić information content (AvgIpc) is 2.46. The number of nitriles is 1. The quantitative estimate of drug-likeness (QED) is 0.854. The minimum atomic E-state index is -0.268. The Morgan fingerprint density at radius 3 is 2.91 bits per heavy atom. The van der Waals surface area contributed by atoms with Crippen molar-refractivity contribution in [2.75, 3.05) is 11.9 Å². The van der Waals surface area contributed by atoms with Gasteiger partial charge in [0.05, 0.1) is 29.7 Å². The number of rotatable bonds is 5. The molecule has 0 amide bonds. The summed E-state index contributed by atoms with van der Waals surface area (Å²) in [6.07, 6.45) is 0.113. The number of halogens is 1. The van der Waals surface area contributed by atoms with Gasteiger partial charge in [0.25, 0.3) is 0 Å². The van der Waals surface area contributed by atoms with Crippen molar-refractivity contribution in [2.24, 2.45) is 0 Å². The van der Waals surface area contributed by atoms with E-state index in [1.807, 2.05) is 0 Å². The summed E-state index contributed by atoms with van der Waals surface area (Å²) < 4.78 is 5.05. The number of hydrogen-bond acceptors (Lipinski definition) is 5. The van der Waals surface area contributed by atoms with Gasteiger partial charge < -0.3 is 10.1 Å². The lowest BCUT2D eigenvalue weighted by Crippen LogP contribution is -2.15. The average molecular weight is 318 g/mol. The highest BCUT2D eigenvalue weighted by atomic mass is 35.5. The van der Waals surface area contributed by atoms with Crippen molar-refractivity contribution in [1.82, 2.24) is 4.98 Å². The van der Waals surface area contributed by atoms with Gasteiger partial charge in [-0.3, -0.25) is 4.79 Å². The Balaban J connectivity index is 2.11. The van der Waals surface area contributed by atoms with E-state index in [0.717, 1.165) is 0 Å². The molecule has 0 saturated carbocycles. The summed E-state index contributed by atoms with van der Waals surface area (Å²) in [5.41, 5.74) is 1.16. The molecule has 6 heteroatoms. The van der Waals surface area contributed by atoms with Gasteiger partial charge in [-0.25, -0.2) is 4.98 Å². The van der Waals surface area contributed by atoms with Crippen LogP contribution in [0.15, 0.2) is 24.3 Å². The van der Waals surface area contributed by atoms with Crippen molar-refractivity contribution in [2.45, 2.75) is 26.4 Å². The summed E-state index contributed by atoms with van der Waals surface area (Å²) >= 11 is 5.94. The van der Waals surface area contributed by atoms with Crippen molar-refractivity contribution in [3.8, 4) is 6.07 Å². The zero-order chi connectivity index (χ0) is 16.1. The van der Waals surface area contributed by atoms with Crippen LogP contribution < -0.4 is 5.32 Å². The maximum absolute atomic E-state index is 11.5. The normalized spacial score (nSPS) is 10.5. The molecule has 0 atom stereocenters. The number of fused-ring (bicyclic) bond motifs is 1. The Labute approximate surface area is 133 Å². The van der Waals surface area contributed by atoms with Crippen LogP contribution >= 0.6 is 11.6 Å². The molecule has 22 heavy (non-hydrogen) atoms. The number of carbonyl (C=O) groups excluding carboxylic acids is 1. The van der Waals surface area contributed by atoms with Crippen LogP contribution in [0.3, 0.4) is 0 Å². The molecule has 0 saturated heterocycles. The first-order valence-corrected chi connectivity index (χ1v) is 7.31. The highest BCUT2D eigenvalue weighted by molar-refractivity contribution is 6.31. The molecule has 1 heterocycles. The van der Waals surface area contributed by atoms with Gasteiger partial charge in [-0.2, -0.15) is 5.26 Å². The van der Waals surface area contributed by atoms with Gasteiger partial charge in [-0.1, -0.05) is 11.6 Å². The van der Waals surface area contributed by atoms with E-state index in [4.69, 9.17) is 16.3 Å². The first-order valence-electron chi connectivity index (χ1n) is 6.93. The third kappa shape index (κ3) is 4.09. The summed E-state index contributed by atoms with van der Waals surface area (Å²) in [7, 11) is 0. The molecule has 0 bridgehead atoms. The zero-order valence-electron chi connectivity index (χ0n) is 12.4. The van der Waals surface area contributed by atoms with Crippen molar-refractivity contribution >= 4 is 34.3 Å². The Morgan fingerprint density at radius 2 is 2.23 bits per heavy atom. The number of anilines is 1. The van der Waals surface area contributed by atoms with Gasteiger partial charge >= 0.3 is 5.97 Å². The van der Waals surface area contributed by atoms with Crippen molar-refractivity contribution in [3.05, 3.63) is 34.9 Å². The number of pyridine rings is 1. The third-order valence-corrected chi connectivity index (χ3v) is 3.13. The molecular weight excluding hydrogens is 302 g/mol. The number of benzene rings is 1. The highest BCUT2D eigenvalue weighted by Gasteiger charge is 2.08. The number of esters is 1. The first kappa shape index (κ1) is 16.1. The SMILES string of the molecule is CC(C)OC(=O)CCNc1cc(C#N)c2cc(Cl)ccc2n1. The van der Waals surface area contributed by atoms with E-state index in [2.05, 4.69) is 16.4 Å². The Kier molecular flexibility index (Phi) is 5.18. The number of nitrogens with one attached hydrogen (secondary N) is 1. The predicted molar refractivity (Wildman–Crippen MR) is 85.8 cm³/mol. The number of aromatic nitrogens is 1. The van der Waals surface area contributed by atoms with Crippen LogP contribution in [0.5, 0.6) is 0 Å². The molecule has 1 aromatic carbocycles. The molecule has 0 radical (unpaired) electrons. The second-order valence-electron chi connectivity index (χ2n) is 5.04. The van der Waals surface area contributed by atoms with E-state index in [9.17, 15) is 10.1 Å². The van der Waals surface area contributed by atoms with E-state index in [1.165, 1.54) is 0 Å². The van der Waals surface area contributed by atoms with Gasteiger partial charge in [0.1, 0.15) is 5.82 Å². The van der Waals surface area contributed by atoms with E-state index in [0.29, 0.717) is 33.9 Å². The lowest BCUT2D eigenvalue weighted by molar-refractivity contribution is -0.147. The molecule has 2 aromatic rings. The Bertz CT molecular complexity index is 738. The molecule has 0 aliphatic heterocycles. The summed E-state index contributed by atoms with van der Waals surface area (Å²) in [4.78, 5) is 15.9. The van der Waals surface area contributed by atoms with Gasteiger partial charge in [0.2, 0.25) is 0 Å². The molecule has 1 N–H and O–H groups in total. The van der Waals surface area contributed by atoms with E-state index in [1.54, 1.807) is 38.1 Å². The number of carbonyl (C=O) groups is 1. The molecule has 0 aliphatic rings. The van der Waals surface area contributed by atoms with Crippen molar-refractivity contribution in [1.29, 1.82) is 5.26 Å². The van der Waals surface area contributed by atoms with Gasteiger partial charge in [0.15, 0.2) is 0 Å². The molecule has 1 aromatic heterocycles. The monoisotopic (exact) mass is 317 g/mol. The van der Waals surface area contributed by atoms with Gasteiger partial charge in [0, 0.05) is 17.0 Å². The van der Waals surface area contributed by atoms with E-state index in [-0.39, 0.29) is 18.5 Å². The van der Waals surface area contributed by atoms with Crippen LogP contribution in [0.25, 0.3) is 10.9 Å². The summed E-state index contributed by atoms with van der Waals surface area (Å²) in [6, 6.07) is 8.98. The van der Waals surface area contributed by atoms with Crippen LogP contribution in [-0.2, 0) is 9.53 Å². The van der Waals surface area contributed by atoms with Crippen LogP contribution in [0.2, 0.25) is 5.02 Å². The number of hydrogen-bond donors (Lipinski definition) is 1. The standard InChI is InChI=1S/C16H16ClN3O2/c1-10(2)22-16(21)5-6-19-15-7-11(9-18)13-8-12(17)3-4-14(13)20-15/h3-4,7-8,10H,5-6H2,1-2H3,(H,19,20). The maximum atomic E-state index is 11.5. The molecule has 0 aliphatic carbocycles. The first-order chi connectivity index (χ1) is 10.5. The highest BCUT2D eigenvalue weighted by Crippen LogP contribution is 2.23. The van der Waals surface area contributed by atoms with Gasteiger partial charge in [-0.15, -0.1) is 0 Å². The third-order valence-electron chi connectivity index (χ3n) is 2.89. The Morgan fingerprint density at radius 1 is 1.45 bits per heavy atom. The largest absolute Gasteiger partial charge is 0.463 e. The fourth-order valence-corrected chi connectivity index (χ4v) is 2.17. The fraction of sp³-hybridized carbons (Fsp3) is 0.312. The lowest BCUT2D eigenvalue weighted by Gasteiger charge is -2.10. The Hall–Kier alpha value is -2.32. The molecule has 5 nitrogen and oxygen atoms in total. The topological polar surface area (TPSA) is 75.0 Å². The summed E-state index contributed by atoms with van der Waals surface area (Å²) in [6.45, 7) is 4.00. The molecular formula is C16H16ClN3O2. The molecule has 0 unspecified atom stereocenters. The second kappa shape index (κ2) is 7.10. The zero-order valence-corrected chi connectivity index (χ0v) is 13.1. The summed E-state index contributed by atoms with van der Waals surface area (Å²) in [5, 5.41) is 13.5. The molecule has 0 spiro atoms. The second-order valence-corrected chi connectivity index (χ2v) is 5.48. The summed E-state index contributed by atoms with van der Waals surface area (Å²) in [5.74, 6) is 0.277. The lowest BCUT2D eigenvalue weighted by atomic mass is 10.1. The molecule has 2 rings (SSSR count). The van der Waals surface area contributed by atoms with Crippen LogP contribution in [0.1, 0.15) is 25.8 Å². The van der Waals surface area contributed by atoms with E-state index < -0.39 is 0 Å². The van der Waals surface area contributed by atoms with Crippen molar-refractivity contribution in [3.63, 3.8) is 0 Å². The number of ether oxygens (including phenoxy) is 1. The predicted octanol–water partition coefficient (Wildman–Crippen LogP) is 3.51. The van der Waals surface area contributed by atoms with Crippen LogP contribution in [0.4, 0.5) is 5.82 Å². The fourth-order valence-electron chi connectivity index (χ4n) is 2.00. The van der Waals surface area contributed by atoms with Crippen molar-refractivity contribution < 1.29 is 9.53 Å². The minimum absolute atomic E-state index is 0.124. The molecule has 0 fully saturated rings. The minimum Gasteiger partial charge on any atom is -0.463 e. The smallest absolute Gasteiger partial charge is 0.307 e. The van der Waals surface area contributed by atoms with Crippen LogP contribution in [0, 0.1) is 11.3 Å². The molecule has 114 valence electrons. The number of nitrogens with zero attached hydrogens (tertiary/aromatic N) is 2. The maximum Gasteiger partial charge on any atom is 0.307 e.